The summed E-state index contributed by atoms with van der Waals surface area (Å²) in [6.07, 6.45) is 0. The van der Waals surface area contributed by atoms with Crippen LogP contribution in [0.5, 0.6) is 0 Å². The highest BCUT2D eigenvalue weighted by Gasteiger charge is 2.21. The first-order valence-corrected chi connectivity index (χ1v) is 8.22. The maximum absolute atomic E-state index is 5.74. The van der Waals surface area contributed by atoms with Gasteiger partial charge in [-0.25, -0.2) is 4.98 Å². The van der Waals surface area contributed by atoms with Crippen LogP contribution in [0.15, 0.2) is 91.0 Å². The van der Waals surface area contributed by atoms with Crippen LogP contribution in [0.2, 0.25) is 0 Å². The molecule has 0 fully saturated rings. The maximum atomic E-state index is 5.74. The van der Waals surface area contributed by atoms with Crippen molar-refractivity contribution in [1.82, 2.24) is 9.71 Å². The topological polar surface area (TPSA) is 27.1 Å². The molecule has 0 unspecified atom stereocenters. The van der Waals surface area contributed by atoms with Crippen LogP contribution >= 0.6 is 0 Å². The van der Waals surface area contributed by atoms with Gasteiger partial charge >= 0.3 is 0 Å². The number of hydrogen-bond donors (Lipinski definition) is 0. The van der Waals surface area contributed by atoms with E-state index in [4.69, 9.17) is 9.82 Å². The zero-order valence-corrected chi connectivity index (χ0v) is 14.0. The predicted molar refractivity (Wildman–Crippen MR) is 101 cm³/mol. The van der Waals surface area contributed by atoms with Gasteiger partial charge < -0.3 is 4.84 Å². The van der Waals surface area contributed by atoms with Gasteiger partial charge in [-0.3, -0.25) is 0 Å². The van der Waals surface area contributed by atoms with Crippen molar-refractivity contribution in [3.63, 3.8) is 0 Å². The Labute approximate surface area is 147 Å². The van der Waals surface area contributed by atoms with Gasteiger partial charge in [-0.05, 0) is 0 Å². The third-order valence-corrected chi connectivity index (χ3v) is 4.15. The van der Waals surface area contributed by atoms with E-state index >= 15 is 0 Å². The molecule has 25 heavy (non-hydrogen) atoms. The molecule has 4 rings (SSSR count). The fourth-order valence-electron chi connectivity index (χ4n) is 3.00. The van der Waals surface area contributed by atoms with Crippen molar-refractivity contribution >= 4 is 0 Å². The Kier molecular flexibility index (Phi) is 4.05. The molecular weight excluding hydrogens is 308 g/mol. The van der Waals surface area contributed by atoms with E-state index in [2.05, 4.69) is 24.3 Å². The summed E-state index contributed by atoms with van der Waals surface area (Å²) in [6, 6.07) is 30.5. The highest BCUT2D eigenvalue weighted by Crippen LogP contribution is 2.35. The van der Waals surface area contributed by atoms with E-state index in [9.17, 15) is 0 Å². The fraction of sp³-hybridized carbons (Fsp3) is 0.0455. The molecule has 0 aliphatic carbocycles. The largest absolute Gasteiger partial charge is 0.415 e. The summed E-state index contributed by atoms with van der Waals surface area (Å²) >= 11 is 0. The molecule has 0 aliphatic rings. The second-order valence-electron chi connectivity index (χ2n) is 5.71. The van der Waals surface area contributed by atoms with Crippen molar-refractivity contribution in [3.05, 3.63) is 91.0 Å². The molecule has 122 valence electrons. The van der Waals surface area contributed by atoms with Gasteiger partial charge in [0.2, 0.25) is 0 Å². The molecule has 0 aliphatic heterocycles. The van der Waals surface area contributed by atoms with Gasteiger partial charge in [0, 0.05) is 16.7 Å². The highest BCUT2D eigenvalue weighted by molar-refractivity contribution is 5.81. The first-order chi connectivity index (χ1) is 12.4. The van der Waals surface area contributed by atoms with Gasteiger partial charge in [-0.1, -0.05) is 91.0 Å². The molecule has 0 saturated carbocycles. The molecular formula is C22H18N2O. The second kappa shape index (κ2) is 6.65. The molecule has 3 aromatic carbocycles. The number of aromatic nitrogens is 2. The normalized spacial score (nSPS) is 10.6. The minimum absolute atomic E-state index is 0.792. The Morgan fingerprint density at radius 3 is 1.64 bits per heavy atom. The summed E-state index contributed by atoms with van der Waals surface area (Å²) in [5.74, 6) is 0.792. The first-order valence-electron chi connectivity index (χ1n) is 8.22. The minimum Gasteiger partial charge on any atom is -0.415 e. The molecule has 0 saturated heterocycles. The third kappa shape index (κ3) is 2.81. The Morgan fingerprint density at radius 1 is 0.640 bits per heavy atom. The predicted octanol–water partition coefficient (Wildman–Crippen LogP) is 4.94. The van der Waals surface area contributed by atoms with Crippen LogP contribution < -0.4 is 4.84 Å². The molecule has 1 aromatic heterocycles. The van der Waals surface area contributed by atoms with Gasteiger partial charge in [0.25, 0.3) is 0 Å². The lowest BCUT2D eigenvalue weighted by atomic mass is 10.1. The van der Waals surface area contributed by atoms with Gasteiger partial charge in [0.05, 0.1) is 0 Å². The molecule has 3 heteroatoms. The molecule has 0 bridgehead atoms. The Hall–Kier alpha value is -3.33. The van der Waals surface area contributed by atoms with Crippen LogP contribution in [-0.2, 0) is 0 Å². The fourth-order valence-corrected chi connectivity index (χ4v) is 3.00. The monoisotopic (exact) mass is 326 g/mol. The van der Waals surface area contributed by atoms with Crippen LogP contribution in [0, 0.1) is 0 Å². The molecule has 3 nitrogen and oxygen atoms in total. The lowest BCUT2D eigenvalue weighted by molar-refractivity contribution is 0.175. The zero-order chi connectivity index (χ0) is 17.1. The Bertz CT molecular complexity index is 961. The average Bonchev–Trinajstić information content (AvgIpc) is 3.09. The van der Waals surface area contributed by atoms with E-state index in [0.29, 0.717) is 0 Å². The van der Waals surface area contributed by atoms with E-state index in [-0.39, 0.29) is 0 Å². The number of imidazole rings is 1. The van der Waals surface area contributed by atoms with E-state index in [1.54, 1.807) is 7.11 Å². The number of hydrogen-bond acceptors (Lipinski definition) is 2. The molecule has 0 spiro atoms. The summed E-state index contributed by atoms with van der Waals surface area (Å²) in [5.41, 5.74) is 5.01. The summed E-state index contributed by atoms with van der Waals surface area (Å²) < 4.78 is 1.81. The van der Waals surface area contributed by atoms with Gasteiger partial charge in [0.15, 0.2) is 5.82 Å². The lowest BCUT2D eigenvalue weighted by Gasteiger charge is -2.11. The smallest absolute Gasteiger partial charge is 0.176 e. The standard InChI is InChI=1S/C22H18N2O/c1-25-24-21(18-13-7-3-8-14-18)20(17-11-5-2-6-12-17)23-22(24)19-15-9-4-10-16-19/h2-16H,1H3. The summed E-state index contributed by atoms with van der Waals surface area (Å²) in [5, 5.41) is 0. The molecule has 0 atom stereocenters. The molecule has 1 heterocycles. The van der Waals surface area contributed by atoms with E-state index < -0.39 is 0 Å². The highest BCUT2D eigenvalue weighted by atomic mass is 16.6. The number of rotatable bonds is 4. The van der Waals surface area contributed by atoms with Crippen molar-refractivity contribution in [2.24, 2.45) is 0 Å². The van der Waals surface area contributed by atoms with E-state index in [1.807, 2.05) is 71.5 Å². The van der Waals surface area contributed by atoms with Gasteiger partial charge in [0.1, 0.15) is 18.5 Å². The van der Waals surface area contributed by atoms with Gasteiger partial charge in [-0.15, -0.1) is 0 Å². The van der Waals surface area contributed by atoms with E-state index in [0.717, 1.165) is 33.9 Å². The second-order valence-corrected chi connectivity index (χ2v) is 5.71. The van der Waals surface area contributed by atoms with Crippen molar-refractivity contribution in [2.45, 2.75) is 0 Å². The maximum Gasteiger partial charge on any atom is 0.176 e. The van der Waals surface area contributed by atoms with Crippen LogP contribution in [0.1, 0.15) is 0 Å². The molecule has 0 amide bonds. The Balaban J connectivity index is 2.02. The van der Waals surface area contributed by atoms with E-state index in [1.165, 1.54) is 0 Å². The Morgan fingerprint density at radius 2 is 1.12 bits per heavy atom. The summed E-state index contributed by atoms with van der Waals surface area (Å²) in [4.78, 5) is 10.7. The van der Waals surface area contributed by atoms with Crippen molar-refractivity contribution in [2.75, 3.05) is 7.11 Å². The van der Waals surface area contributed by atoms with Crippen LogP contribution in [0.4, 0.5) is 0 Å². The van der Waals surface area contributed by atoms with Crippen molar-refractivity contribution in [3.8, 4) is 33.9 Å². The van der Waals surface area contributed by atoms with Crippen LogP contribution in [0.25, 0.3) is 33.9 Å². The zero-order valence-electron chi connectivity index (χ0n) is 14.0. The van der Waals surface area contributed by atoms with Crippen molar-refractivity contribution in [1.29, 1.82) is 0 Å². The minimum atomic E-state index is 0.792. The number of nitrogens with zero attached hydrogens (tertiary/aromatic N) is 2. The SMILES string of the molecule is COn1c(-c2ccccc2)nc(-c2ccccc2)c1-c1ccccc1. The molecule has 0 radical (unpaired) electrons. The lowest BCUT2D eigenvalue weighted by Crippen LogP contribution is -2.09. The van der Waals surface area contributed by atoms with Crippen LogP contribution in [0.3, 0.4) is 0 Å². The number of benzene rings is 3. The summed E-state index contributed by atoms with van der Waals surface area (Å²) in [7, 11) is 1.68. The third-order valence-electron chi connectivity index (χ3n) is 4.15. The van der Waals surface area contributed by atoms with Crippen LogP contribution in [-0.4, -0.2) is 16.8 Å². The molecule has 0 N–H and O–H groups in total. The first kappa shape index (κ1) is 15.2. The van der Waals surface area contributed by atoms with Crippen molar-refractivity contribution < 1.29 is 4.84 Å². The summed E-state index contributed by atoms with van der Waals surface area (Å²) in [6.45, 7) is 0. The molecule has 4 aromatic rings. The quantitative estimate of drug-likeness (QED) is 0.531. The average molecular weight is 326 g/mol. The van der Waals surface area contributed by atoms with Gasteiger partial charge in [-0.2, -0.15) is 4.73 Å².